The number of epoxide rings is 2. The number of rotatable bonds is 8. The quantitative estimate of drug-likeness (QED) is 0.361. The van der Waals surface area contributed by atoms with Crippen LogP contribution in [0, 0.1) is 5.92 Å². The normalized spacial score (nSPS) is 35.2. The van der Waals surface area contributed by atoms with Crippen molar-refractivity contribution < 1.29 is 23.7 Å². The van der Waals surface area contributed by atoms with Crippen molar-refractivity contribution >= 4 is 11.8 Å². The predicted octanol–water partition coefficient (Wildman–Crippen LogP) is 3.61. The molecule has 1 saturated carbocycles. The molecule has 7 nitrogen and oxygen atoms in total. The van der Waals surface area contributed by atoms with Gasteiger partial charge < -0.3 is 30.0 Å². The van der Waals surface area contributed by atoms with E-state index in [1.807, 2.05) is 24.3 Å². The summed E-state index contributed by atoms with van der Waals surface area (Å²) < 4.78 is 23.9. The molecule has 3 fully saturated rings. The number of anilines is 1. The molecule has 6 atom stereocenters. The Morgan fingerprint density at radius 1 is 1.31 bits per heavy atom. The van der Waals surface area contributed by atoms with Crippen LogP contribution in [-0.2, 0) is 25.4 Å². The Kier molecular flexibility index (Phi) is 6.52. The third-order valence-corrected chi connectivity index (χ3v) is 7.16. The summed E-state index contributed by atoms with van der Waals surface area (Å²) in [5.74, 6) is 0.0249. The van der Waals surface area contributed by atoms with Gasteiger partial charge in [-0.05, 0) is 64.2 Å². The zero-order valence-electron chi connectivity index (χ0n) is 19.6. The van der Waals surface area contributed by atoms with Crippen LogP contribution in [0.3, 0.4) is 0 Å². The maximum atomic E-state index is 12.5. The van der Waals surface area contributed by atoms with E-state index in [0.29, 0.717) is 19.6 Å². The number of allylic oxidation sites excluding steroid dienone is 1. The lowest BCUT2D eigenvalue weighted by Crippen LogP contribution is -2.56. The van der Waals surface area contributed by atoms with Gasteiger partial charge in [-0.3, -0.25) is 0 Å². The number of nitrogen functional groups attached to an aromatic ring is 1. The molecule has 0 radical (unpaired) electrons. The van der Waals surface area contributed by atoms with E-state index in [1.165, 1.54) is 5.57 Å². The van der Waals surface area contributed by atoms with Crippen molar-refractivity contribution in [3.05, 3.63) is 41.5 Å². The lowest BCUT2D eigenvalue weighted by Gasteiger charge is -2.42. The van der Waals surface area contributed by atoms with Gasteiger partial charge in [0.15, 0.2) is 0 Å². The van der Waals surface area contributed by atoms with Crippen molar-refractivity contribution in [2.75, 3.05) is 26.0 Å². The van der Waals surface area contributed by atoms with E-state index >= 15 is 0 Å². The second-order valence-corrected chi connectivity index (χ2v) is 9.74. The number of alkyl carbamates (subject to hydrolysis) is 1. The van der Waals surface area contributed by atoms with Gasteiger partial charge in [0.2, 0.25) is 0 Å². The number of ether oxygens (including phenoxy) is 4. The Morgan fingerprint density at radius 2 is 2.03 bits per heavy atom. The molecular formula is C25H36N2O5. The molecule has 0 bridgehead atoms. The van der Waals surface area contributed by atoms with E-state index in [1.54, 1.807) is 7.11 Å². The molecule has 1 aromatic rings. The third-order valence-electron chi connectivity index (χ3n) is 7.16. The maximum absolute atomic E-state index is 12.5. The molecule has 0 aromatic heterocycles. The van der Waals surface area contributed by atoms with Gasteiger partial charge >= 0.3 is 6.09 Å². The summed E-state index contributed by atoms with van der Waals surface area (Å²) in [4.78, 5) is 12.5. The van der Waals surface area contributed by atoms with Gasteiger partial charge in [-0.1, -0.05) is 23.8 Å². The molecule has 32 heavy (non-hydrogen) atoms. The van der Waals surface area contributed by atoms with E-state index in [4.69, 9.17) is 24.7 Å². The number of nitrogens with one attached hydrogen (secondary N) is 1. The fraction of sp³-hybridized carbons (Fsp3) is 0.640. The maximum Gasteiger partial charge on any atom is 0.407 e. The Morgan fingerprint density at radius 3 is 2.66 bits per heavy atom. The average molecular weight is 445 g/mol. The highest BCUT2D eigenvalue weighted by Crippen LogP contribution is 2.59. The molecule has 1 aromatic carbocycles. The van der Waals surface area contributed by atoms with Crippen LogP contribution in [0.1, 0.15) is 45.6 Å². The first kappa shape index (κ1) is 23.1. The topological polar surface area (TPSA) is 98.6 Å². The number of carbonyl (C=O) groups excluding carboxylic acids is 1. The van der Waals surface area contributed by atoms with E-state index in [9.17, 15) is 4.79 Å². The van der Waals surface area contributed by atoms with Crippen LogP contribution in [0.15, 0.2) is 35.9 Å². The van der Waals surface area contributed by atoms with Crippen LogP contribution >= 0.6 is 0 Å². The Labute approximate surface area is 190 Å². The minimum Gasteiger partial charge on any atom is -0.443 e. The molecule has 2 aliphatic heterocycles. The standard InChI is InChI=1S/C25H36N2O5/c1-16(2)5-10-20-24(3,32-20)22-21(29-4)19(11-13-25(22)15-30-25)31-23(28)27-14-12-17-6-8-18(26)9-7-17/h5-9,19-22H,10-15,26H2,1-4H3,(H,27,28)/t19-,20-,21-,22-,24+,25+/m1/s1. The predicted molar refractivity (Wildman–Crippen MR) is 122 cm³/mol. The SMILES string of the molecule is CO[C@@H]1[C@H](OC(=O)NCCc2ccc(N)cc2)CC[C@]2(CO2)[C@H]1[C@@]1(C)O[C@@H]1CC=C(C)C. The summed E-state index contributed by atoms with van der Waals surface area (Å²) in [6, 6.07) is 7.65. The smallest absolute Gasteiger partial charge is 0.407 e. The molecule has 1 amide bonds. The number of methoxy groups -OCH3 is 1. The number of amides is 1. The van der Waals surface area contributed by atoms with Gasteiger partial charge in [-0.25, -0.2) is 4.79 Å². The second-order valence-electron chi connectivity index (χ2n) is 9.74. The Balaban J connectivity index is 1.35. The van der Waals surface area contributed by atoms with Crippen LogP contribution < -0.4 is 11.1 Å². The number of carbonyl (C=O) groups is 1. The average Bonchev–Trinajstić information content (AvgIpc) is 3.66. The third kappa shape index (κ3) is 4.80. The van der Waals surface area contributed by atoms with Gasteiger partial charge in [-0.2, -0.15) is 0 Å². The van der Waals surface area contributed by atoms with Gasteiger partial charge in [0.1, 0.15) is 23.4 Å². The summed E-state index contributed by atoms with van der Waals surface area (Å²) in [6.45, 7) is 7.55. The molecule has 2 saturated heterocycles. The summed E-state index contributed by atoms with van der Waals surface area (Å²) in [7, 11) is 1.69. The molecule has 1 spiro atoms. The van der Waals surface area contributed by atoms with Crippen molar-refractivity contribution in [3.8, 4) is 0 Å². The fourth-order valence-corrected chi connectivity index (χ4v) is 5.24. The summed E-state index contributed by atoms with van der Waals surface area (Å²) in [5.41, 5.74) is 8.28. The molecule has 7 heteroatoms. The molecular weight excluding hydrogens is 408 g/mol. The molecule has 2 heterocycles. The summed E-state index contributed by atoms with van der Waals surface area (Å²) in [6.07, 6.45) is 4.48. The van der Waals surface area contributed by atoms with Crippen LogP contribution in [0.2, 0.25) is 0 Å². The number of benzene rings is 1. The number of hydrogen-bond donors (Lipinski definition) is 2. The lowest BCUT2D eigenvalue weighted by molar-refractivity contribution is -0.118. The van der Waals surface area contributed by atoms with Crippen molar-refractivity contribution in [1.82, 2.24) is 5.32 Å². The van der Waals surface area contributed by atoms with Gasteiger partial charge in [0.25, 0.3) is 0 Å². The highest BCUT2D eigenvalue weighted by molar-refractivity contribution is 5.67. The summed E-state index contributed by atoms with van der Waals surface area (Å²) >= 11 is 0. The monoisotopic (exact) mass is 444 g/mol. The van der Waals surface area contributed by atoms with Gasteiger partial charge in [-0.15, -0.1) is 0 Å². The van der Waals surface area contributed by atoms with E-state index in [-0.39, 0.29) is 35.4 Å². The Hall–Kier alpha value is -2.09. The Bertz CT molecular complexity index is 846. The lowest BCUT2D eigenvalue weighted by atomic mass is 9.68. The zero-order valence-corrected chi connectivity index (χ0v) is 19.6. The number of hydrogen-bond acceptors (Lipinski definition) is 6. The highest BCUT2D eigenvalue weighted by Gasteiger charge is 2.72. The van der Waals surface area contributed by atoms with Crippen LogP contribution in [0.5, 0.6) is 0 Å². The van der Waals surface area contributed by atoms with Crippen LogP contribution in [-0.4, -0.2) is 55.9 Å². The van der Waals surface area contributed by atoms with E-state index in [2.05, 4.69) is 32.2 Å². The molecule has 0 unspecified atom stereocenters. The van der Waals surface area contributed by atoms with Crippen molar-refractivity contribution in [1.29, 1.82) is 0 Å². The van der Waals surface area contributed by atoms with Crippen LogP contribution in [0.25, 0.3) is 0 Å². The minimum absolute atomic E-state index is 0.0249. The first-order valence-electron chi connectivity index (χ1n) is 11.5. The molecule has 1 aliphatic carbocycles. The van der Waals surface area contributed by atoms with Gasteiger partial charge in [0, 0.05) is 19.3 Å². The first-order valence-corrected chi connectivity index (χ1v) is 11.5. The number of nitrogens with two attached hydrogens (primary N) is 1. The fourth-order valence-electron chi connectivity index (χ4n) is 5.24. The van der Waals surface area contributed by atoms with Crippen molar-refractivity contribution in [2.45, 2.75) is 76.0 Å². The highest BCUT2D eigenvalue weighted by atomic mass is 16.6. The van der Waals surface area contributed by atoms with Crippen molar-refractivity contribution in [3.63, 3.8) is 0 Å². The molecule has 4 rings (SSSR count). The second kappa shape index (κ2) is 9.04. The molecule has 3 aliphatic rings. The zero-order chi connectivity index (χ0) is 22.9. The van der Waals surface area contributed by atoms with Crippen LogP contribution in [0.4, 0.5) is 10.5 Å². The van der Waals surface area contributed by atoms with Crippen molar-refractivity contribution in [2.24, 2.45) is 5.92 Å². The molecule has 3 N–H and O–H groups in total. The van der Waals surface area contributed by atoms with E-state index in [0.717, 1.165) is 30.5 Å². The summed E-state index contributed by atoms with van der Waals surface area (Å²) in [5, 5.41) is 2.87. The largest absolute Gasteiger partial charge is 0.443 e. The molecule has 176 valence electrons. The van der Waals surface area contributed by atoms with Gasteiger partial charge in [0.05, 0.1) is 18.6 Å². The minimum atomic E-state index is -0.415. The van der Waals surface area contributed by atoms with E-state index < -0.39 is 6.09 Å². The first-order chi connectivity index (χ1) is 15.3.